The molecule has 2 aliphatic rings. The van der Waals surface area contributed by atoms with Gasteiger partial charge in [0.2, 0.25) is 5.91 Å². The molecule has 31 heavy (non-hydrogen) atoms. The second-order valence-corrected chi connectivity index (χ2v) is 8.32. The van der Waals surface area contributed by atoms with Crippen molar-refractivity contribution in [2.45, 2.75) is 44.7 Å². The van der Waals surface area contributed by atoms with E-state index in [-0.39, 0.29) is 24.3 Å². The number of hydrogen-bond donors (Lipinski definition) is 1. The summed E-state index contributed by atoms with van der Waals surface area (Å²) >= 11 is 0. The second kappa shape index (κ2) is 9.88. The van der Waals surface area contributed by atoms with Crippen LogP contribution in [-0.2, 0) is 11.3 Å². The van der Waals surface area contributed by atoms with E-state index in [0.29, 0.717) is 36.6 Å². The fourth-order valence-electron chi connectivity index (χ4n) is 4.48. The van der Waals surface area contributed by atoms with Gasteiger partial charge in [0.25, 0.3) is 11.8 Å². The summed E-state index contributed by atoms with van der Waals surface area (Å²) in [5.74, 6) is -0.554. The zero-order chi connectivity index (χ0) is 21.6. The van der Waals surface area contributed by atoms with E-state index in [1.54, 1.807) is 24.3 Å². The Kier molecular flexibility index (Phi) is 6.77. The van der Waals surface area contributed by atoms with Crippen molar-refractivity contribution in [2.24, 2.45) is 0 Å². The molecular formula is C25H29N3O3. The number of nitrogens with zero attached hydrogens (tertiary/aromatic N) is 2. The minimum absolute atomic E-state index is 0.0261. The SMILES string of the molecule is O=C(CCCN1C(=O)c2ccccc2C1=O)NCC1CCCCN1Cc1ccccc1. The number of benzene rings is 2. The van der Waals surface area contributed by atoms with Crippen molar-refractivity contribution in [3.8, 4) is 0 Å². The molecule has 6 nitrogen and oxygen atoms in total. The summed E-state index contributed by atoms with van der Waals surface area (Å²) in [5, 5.41) is 3.06. The van der Waals surface area contributed by atoms with Crippen LogP contribution in [0.15, 0.2) is 54.6 Å². The lowest BCUT2D eigenvalue weighted by molar-refractivity contribution is -0.121. The Bertz CT molecular complexity index is 909. The molecule has 2 aromatic carbocycles. The Hall–Kier alpha value is -2.99. The number of carbonyl (C=O) groups excluding carboxylic acids is 3. The summed E-state index contributed by atoms with van der Waals surface area (Å²) < 4.78 is 0. The third-order valence-electron chi connectivity index (χ3n) is 6.18. The molecule has 2 aliphatic heterocycles. The highest BCUT2D eigenvalue weighted by atomic mass is 16.2. The molecule has 1 N–H and O–H groups in total. The Labute approximate surface area is 183 Å². The summed E-state index contributed by atoms with van der Waals surface area (Å²) in [5.41, 5.74) is 2.20. The number of amides is 3. The highest BCUT2D eigenvalue weighted by molar-refractivity contribution is 6.21. The molecule has 2 aromatic rings. The summed E-state index contributed by atoms with van der Waals surface area (Å²) in [6.07, 6.45) is 4.24. The third kappa shape index (κ3) is 5.02. The van der Waals surface area contributed by atoms with E-state index >= 15 is 0 Å². The van der Waals surface area contributed by atoms with E-state index in [9.17, 15) is 14.4 Å². The van der Waals surface area contributed by atoms with Crippen LogP contribution in [0.2, 0.25) is 0 Å². The summed E-state index contributed by atoms with van der Waals surface area (Å²) in [4.78, 5) is 40.9. The van der Waals surface area contributed by atoms with Crippen LogP contribution in [0.25, 0.3) is 0 Å². The Morgan fingerprint density at radius 2 is 1.61 bits per heavy atom. The van der Waals surface area contributed by atoms with Gasteiger partial charge >= 0.3 is 0 Å². The number of hydrogen-bond acceptors (Lipinski definition) is 4. The zero-order valence-corrected chi connectivity index (χ0v) is 17.8. The second-order valence-electron chi connectivity index (χ2n) is 8.32. The van der Waals surface area contributed by atoms with Crippen molar-refractivity contribution >= 4 is 17.7 Å². The van der Waals surface area contributed by atoms with Gasteiger partial charge in [-0.15, -0.1) is 0 Å². The summed E-state index contributed by atoms with van der Waals surface area (Å²) in [7, 11) is 0. The minimum atomic E-state index is -0.264. The molecule has 0 aromatic heterocycles. The molecule has 0 radical (unpaired) electrons. The van der Waals surface area contributed by atoms with Crippen molar-refractivity contribution in [3.05, 3.63) is 71.3 Å². The van der Waals surface area contributed by atoms with Gasteiger partial charge in [-0.3, -0.25) is 24.2 Å². The molecular weight excluding hydrogens is 390 g/mol. The van der Waals surface area contributed by atoms with Crippen molar-refractivity contribution in [1.82, 2.24) is 15.1 Å². The molecule has 6 heteroatoms. The number of rotatable bonds is 8. The van der Waals surface area contributed by atoms with Crippen LogP contribution >= 0.6 is 0 Å². The lowest BCUT2D eigenvalue weighted by atomic mass is 10.0. The monoisotopic (exact) mass is 419 g/mol. The normalized spacial score (nSPS) is 18.8. The Balaban J connectivity index is 1.22. The number of carbonyl (C=O) groups is 3. The largest absolute Gasteiger partial charge is 0.355 e. The van der Waals surface area contributed by atoms with E-state index in [0.717, 1.165) is 19.5 Å². The lowest BCUT2D eigenvalue weighted by Crippen LogP contribution is -2.46. The molecule has 2 heterocycles. The molecule has 0 spiro atoms. The standard InChI is InChI=1S/C25H29N3O3/c29-23(14-8-16-28-24(30)21-12-4-5-13-22(21)25(28)31)26-17-20-11-6-7-15-27(20)18-19-9-2-1-3-10-19/h1-5,9-10,12-13,20H,6-8,11,14-18H2,(H,26,29). The predicted molar refractivity (Wildman–Crippen MR) is 119 cm³/mol. The van der Waals surface area contributed by atoms with E-state index in [2.05, 4.69) is 34.5 Å². The number of likely N-dealkylation sites (tertiary alicyclic amines) is 1. The van der Waals surface area contributed by atoms with Gasteiger partial charge in [-0.25, -0.2) is 0 Å². The molecule has 1 atom stereocenters. The van der Waals surface area contributed by atoms with Crippen molar-refractivity contribution in [3.63, 3.8) is 0 Å². The quantitative estimate of drug-likeness (QED) is 0.667. The fourth-order valence-corrected chi connectivity index (χ4v) is 4.48. The van der Waals surface area contributed by atoms with Gasteiger partial charge in [0.15, 0.2) is 0 Å². The molecule has 1 unspecified atom stereocenters. The Morgan fingerprint density at radius 1 is 0.935 bits per heavy atom. The van der Waals surface area contributed by atoms with Gasteiger partial charge in [-0.05, 0) is 43.5 Å². The van der Waals surface area contributed by atoms with E-state index in [1.165, 1.54) is 23.3 Å². The number of piperidine rings is 1. The van der Waals surface area contributed by atoms with Gasteiger partial charge in [0, 0.05) is 32.1 Å². The molecule has 3 amide bonds. The van der Waals surface area contributed by atoms with Crippen molar-refractivity contribution < 1.29 is 14.4 Å². The maximum absolute atomic E-state index is 12.4. The van der Waals surface area contributed by atoms with E-state index < -0.39 is 0 Å². The smallest absolute Gasteiger partial charge is 0.261 e. The van der Waals surface area contributed by atoms with E-state index in [1.807, 2.05) is 6.07 Å². The number of fused-ring (bicyclic) bond motifs is 1. The van der Waals surface area contributed by atoms with Gasteiger partial charge in [-0.1, -0.05) is 48.9 Å². The van der Waals surface area contributed by atoms with Gasteiger partial charge in [0.05, 0.1) is 11.1 Å². The average molecular weight is 420 g/mol. The first kappa shape index (κ1) is 21.2. The first-order valence-electron chi connectivity index (χ1n) is 11.1. The van der Waals surface area contributed by atoms with Crippen molar-refractivity contribution in [1.29, 1.82) is 0 Å². The first-order chi connectivity index (χ1) is 15.1. The molecule has 1 saturated heterocycles. The van der Waals surface area contributed by atoms with Crippen LogP contribution < -0.4 is 5.32 Å². The van der Waals surface area contributed by atoms with Crippen LogP contribution in [0.3, 0.4) is 0 Å². The zero-order valence-electron chi connectivity index (χ0n) is 17.8. The highest BCUT2D eigenvalue weighted by Gasteiger charge is 2.34. The third-order valence-corrected chi connectivity index (χ3v) is 6.18. The molecule has 0 saturated carbocycles. The molecule has 0 bridgehead atoms. The van der Waals surface area contributed by atoms with Gasteiger partial charge in [-0.2, -0.15) is 0 Å². The van der Waals surface area contributed by atoms with Crippen LogP contribution in [-0.4, -0.2) is 53.2 Å². The molecule has 162 valence electrons. The topological polar surface area (TPSA) is 69.7 Å². The molecule has 1 fully saturated rings. The highest BCUT2D eigenvalue weighted by Crippen LogP contribution is 2.23. The fraction of sp³-hybridized carbons (Fsp3) is 0.400. The number of nitrogens with one attached hydrogen (secondary N) is 1. The van der Waals surface area contributed by atoms with Gasteiger partial charge in [0.1, 0.15) is 0 Å². The first-order valence-corrected chi connectivity index (χ1v) is 11.1. The molecule has 4 rings (SSSR count). The average Bonchev–Trinajstić information content (AvgIpc) is 3.04. The summed E-state index contributed by atoms with van der Waals surface area (Å²) in [6, 6.07) is 17.6. The van der Waals surface area contributed by atoms with E-state index in [4.69, 9.17) is 0 Å². The summed E-state index contributed by atoms with van der Waals surface area (Å²) in [6.45, 7) is 2.86. The maximum atomic E-state index is 12.4. The van der Waals surface area contributed by atoms with Crippen LogP contribution in [0.1, 0.15) is 58.4 Å². The predicted octanol–water partition coefficient (Wildman–Crippen LogP) is 3.23. The van der Waals surface area contributed by atoms with Crippen LogP contribution in [0.4, 0.5) is 0 Å². The minimum Gasteiger partial charge on any atom is -0.355 e. The lowest BCUT2D eigenvalue weighted by Gasteiger charge is -2.36. The van der Waals surface area contributed by atoms with Crippen LogP contribution in [0.5, 0.6) is 0 Å². The van der Waals surface area contributed by atoms with Crippen LogP contribution in [0, 0.1) is 0 Å². The Morgan fingerprint density at radius 3 is 2.32 bits per heavy atom. The number of imide groups is 1. The maximum Gasteiger partial charge on any atom is 0.261 e. The molecule has 0 aliphatic carbocycles. The van der Waals surface area contributed by atoms with Gasteiger partial charge < -0.3 is 5.32 Å². The van der Waals surface area contributed by atoms with Crippen molar-refractivity contribution in [2.75, 3.05) is 19.6 Å².